The highest BCUT2D eigenvalue weighted by atomic mass is 14.5. The summed E-state index contributed by atoms with van der Waals surface area (Å²) in [6.45, 7) is 4.10. The third-order valence-electron chi connectivity index (χ3n) is 1.03. The molecule has 52 valence electrons. The number of unbranched alkanes of at least 4 members (excludes halogenated alkanes) is 1. The maximum atomic E-state index is 5.54. The molecule has 0 bridgehead atoms. The standard InChI is InChI=1S/C8H15N/c1-3-5-7-8(9)6-4-2/h4,6-7H,3,5,9H2,1-2H3/b6-4+,8-7+. The van der Waals surface area contributed by atoms with Gasteiger partial charge in [0.05, 0.1) is 0 Å². The van der Waals surface area contributed by atoms with Gasteiger partial charge in [-0.25, -0.2) is 0 Å². The highest BCUT2D eigenvalue weighted by Crippen LogP contribution is 1.93. The van der Waals surface area contributed by atoms with E-state index in [0.29, 0.717) is 0 Å². The van der Waals surface area contributed by atoms with Crippen LogP contribution in [-0.2, 0) is 0 Å². The summed E-state index contributed by atoms with van der Waals surface area (Å²) in [7, 11) is 0. The number of hydrogen-bond acceptors (Lipinski definition) is 1. The Balaban J connectivity index is 3.55. The molecule has 0 spiro atoms. The Labute approximate surface area is 57.3 Å². The van der Waals surface area contributed by atoms with Crippen LogP contribution >= 0.6 is 0 Å². The second-order valence-electron chi connectivity index (χ2n) is 1.99. The molecule has 1 nitrogen and oxygen atoms in total. The van der Waals surface area contributed by atoms with Crippen LogP contribution in [0.15, 0.2) is 23.9 Å². The van der Waals surface area contributed by atoms with Gasteiger partial charge in [0, 0.05) is 5.70 Å². The van der Waals surface area contributed by atoms with E-state index in [-0.39, 0.29) is 0 Å². The lowest BCUT2D eigenvalue weighted by Gasteiger charge is -1.89. The summed E-state index contributed by atoms with van der Waals surface area (Å²) in [5.41, 5.74) is 6.42. The van der Waals surface area contributed by atoms with Gasteiger partial charge in [0.2, 0.25) is 0 Å². The molecule has 0 radical (unpaired) electrons. The van der Waals surface area contributed by atoms with E-state index in [1.54, 1.807) is 0 Å². The molecule has 0 aromatic heterocycles. The first kappa shape index (κ1) is 8.28. The van der Waals surface area contributed by atoms with Gasteiger partial charge in [0.15, 0.2) is 0 Å². The molecule has 0 aromatic rings. The van der Waals surface area contributed by atoms with Gasteiger partial charge in [-0.3, -0.25) is 0 Å². The Kier molecular flexibility index (Phi) is 4.98. The summed E-state index contributed by atoms with van der Waals surface area (Å²) < 4.78 is 0. The molecule has 2 N–H and O–H groups in total. The number of rotatable bonds is 3. The molecule has 0 saturated carbocycles. The van der Waals surface area contributed by atoms with E-state index < -0.39 is 0 Å². The van der Waals surface area contributed by atoms with Crippen molar-refractivity contribution in [1.29, 1.82) is 0 Å². The zero-order valence-corrected chi connectivity index (χ0v) is 6.22. The van der Waals surface area contributed by atoms with Crippen LogP contribution in [-0.4, -0.2) is 0 Å². The van der Waals surface area contributed by atoms with Gasteiger partial charge in [-0.15, -0.1) is 0 Å². The second-order valence-corrected chi connectivity index (χ2v) is 1.99. The lowest BCUT2D eigenvalue weighted by Crippen LogP contribution is -1.91. The monoisotopic (exact) mass is 125 g/mol. The third kappa shape index (κ3) is 5.15. The van der Waals surface area contributed by atoms with Crippen LogP contribution < -0.4 is 5.73 Å². The van der Waals surface area contributed by atoms with Gasteiger partial charge in [-0.2, -0.15) is 0 Å². The Morgan fingerprint density at radius 2 is 2.22 bits per heavy atom. The Hall–Kier alpha value is -0.720. The molecule has 9 heavy (non-hydrogen) atoms. The molecular weight excluding hydrogens is 110 g/mol. The first-order valence-corrected chi connectivity index (χ1v) is 3.39. The van der Waals surface area contributed by atoms with Gasteiger partial charge >= 0.3 is 0 Å². The largest absolute Gasteiger partial charge is 0.399 e. The average Bonchev–Trinajstić information content (AvgIpc) is 1.85. The van der Waals surface area contributed by atoms with Crippen LogP contribution in [0.5, 0.6) is 0 Å². The highest BCUT2D eigenvalue weighted by Gasteiger charge is 1.78. The van der Waals surface area contributed by atoms with Crippen molar-refractivity contribution in [2.75, 3.05) is 0 Å². The van der Waals surface area contributed by atoms with Crippen molar-refractivity contribution in [1.82, 2.24) is 0 Å². The number of hydrogen-bond donors (Lipinski definition) is 1. The van der Waals surface area contributed by atoms with Crippen molar-refractivity contribution in [2.45, 2.75) is 26.7 Å². The van der Waals surface area contributed by atoms with E-state index in [1.165, 1.54) is 0 Å². The molecule has 1 heteroatoms. The zero-order chi connectivity index (χ0) is 7.11. The molecule has 0 rings (SSSR count). The summed E-state index contributed by atoms with van der Waals surface area (Å²) in [4.78, 5) is 0. The predicted octanol–water partition coefficient (Wildman–Crippen LogP) is 2.21. The molecule has 0 amide bonds. The van der Waals surface area contributed by atoms with Crippen LogP contribution in [0, 0.1) is 0 Å². The SMILES string of the molecule is C/C=C/C(N)=C\CCC. The van der Waals surface area contributed by atoms with Crippen LogP contribution in [0.1, 0.15) is 26.7 Å². The molecule has 0 aliphatic rings. The molecule has 0 atom stereocenters. The minimum absolute atomic E-state index is 0.874. The molecule has 0 aliphatic heterocycles. The van der Waals surface area contributed by atoms with Crippen LogP contribution in [0.3, 0.4) is 0 Å². The van der Waals surface area contributed by atoms with E-state index in [9.17, 15) is 0 Å². The normalized spacial score (nSPS) is 12.9. The quantitative estimate of drug-likeness (QED) is 0.575. The summed E-state index contributed by atoms with van der Waals surface area (Å²) in [5, 5.41) is 0. The second kappa shape index (κ2) is 5.42. The summed E-state index contributed by atoms with van der Waals surface area (Å²) in [5.74, 6) is 0. The Morgan fingerprint density at radius 3 is 2.67 bits per heavy atom. The van der Waals surface area contributed by atoms with Gasteiger partial charge < -0.3 is 5.73 Å². The highest BCUT2D eigenvalue weighted by molar-refractivity contribution is 5.13. The predicted molar refractivity (Wildman–Crippen MR) is 42.0 cm³/mol. The maximum Gasteiger partial charge on any atom is 0.0270 e. The van der Waals surface area contributed by atoms with Gasteiger partial charge in [-0.05, 0) is 19.4 Å². The Morgan fingerprint density at radius 1 is 1.56 bits per heavy atom. The molecule has 0 unspecified atom stereocenters. The molecule has 0 saturated heterocycles. The molecule has 0 aliphatic carbocycles. The zero-order valence-electron chi connectivity index (χ0n) is 6.22. The van der Waals surface area contributed by atoms with Crippen molar-refractivity contribution in [3.05, 3.63) is 23.9 Å². The van der Waals surface area contributed by atoms with Crippen molar-refractivity contribution in [2.24, 2.45) is 5.73 Å². The first-order valence-electron chi connectivity index (χ1n) is 3.39. The number of allylic oxidation sites excluding steroid dienone is 3. The lowest BCUT2D eigenvalue weighted by molar-refractivity contribution is 0.950. The summed E-state index contributed by atoms with van der Waals surface area (Å²) in [6.07, 6.45) is 8.14. The van der Waals surface area contributed by atoms with Crippen LogP contribution in [0.4, 0.5) is 0 Å². The van der Waals surface area contributed by atoms with E-state index in [1.807, 2.05) is 25.2 Å². The van der Waals surface area contributed by atoms with Gasteiger partial charge in [0.25, 0.3) is 0 Å². The molecule has 0 aromatic carbocycles. The third-order valence-corrected chi connectivity index (χ3v) is 1.03. The fourth-order valence-corrected chi connectivity index (χ4v) is 0.571. The molecule has 0 heterocycles. The topological polar surface area (TPSA) is 26.0 Å². The van der Waals surface area contributed by atoms with Crippen LogP contribution in [0.2, 0.25) is 0 Å². The Bertz CT molecular complexity index is 112. The van der Waals surface area contributed by atoms with Crippen molar-refractivity contribution < 1.29 is 0 Å². The fraction of sp³-hybridized carbons (Fsp3) is 0.500. The smallest absolute Gasteiger partial charge is 0.0270 e. The summed E-state index contributed by atoms with van der Waals surface area (Å²) >= 11 is 0. The van der Waals surface area contributed by atoms with Crippen LogP contribution in [0.25, 0.3) is 0 Å². The fourth-order valence-electron chi connectivity index (χ4n) is 0.571. The molecule has 0 fully saturated rings. The van der Waals surface area contributed by atoms with Crippen molar-refractivity contribution in [3.8, 4) is 0 Å². The van der Waals surface area contributed by atoms with E-state index >= 15 is 0 Å². The maximum absolute atomic E-state index is 5.54. The first-order chi connectivity index (χ1) is 4.31. The van der Waals surface area contributed by atoms with Crippen molar-refractivity contribution >= 4 is 0 Å². The minimum Gasteiger partial charge on any atom is -0.399 e. The summed E-state index contributed by atoms with van der Waals surface area (Å²) in [6, 6.07) is 0. The average molecular weight is 125 g/mol. The van der Waals surface area contributed by atoms with Gasteiger partial charge in [-0.1, -0.05) is 25.5 Å². The molecular formula is C8H15N. The lowest BCUT2D eigenvalue weighted by atomic mass is 10.3. The van der Waals surface area contributed by atoms with E-state index in [0.717, 1.165) is 18.5 Å². The minimum atomic E-state index is 0.874. The number of nitrogens with two attached hydrogens (primary N) is 1. The van der Waals surface area contributed by atoms with Crippen molar-refractivity contribution in [3.63, 3.8) is 0 Å². The van der Waals surface area contributed by atoms with Gasteiger partial charge in [0.1, 0.15) is 0 Å². The van der Waals surface area contributed by atoms with E-state index in [2.05, 4.69) is 6.92 Å². The van der Waals surface area contributed by atoms with E-state index in [4.69, 9.17) is 5.73 Å².